The maximum atomic E-state index is 12.5. The largest absolute Gasteiger partial charge is 0.478 e. The van der Waals surface area contributed by atoms with Crippen molar-refractivity contribution in [3.05, 3.63) is 59.2 Å². The molecule has 2 aromatic rings. The minimum atomic E-state index is -1.20. The van der Waals surface area contributed by atoms with Gasteiger partial charge in [0, 0.05) is 29.5 Å². The zero-order valence-corrected chi connectivity index (χ0v) is 23.0. The number of aliphatic carboxylic acids is 1. The van der Waals surface area contributed by atoms with E-state index in [0.29, 0.717) is 25.3 Å². The molecule has 0 saturated carbocycles. The molecule has 1 heterocycles. The van der Waals surface area contributed by atoms with Gasteiger partial charge in [0.05, 0.1) is 6.10 Å². The van der Waals surface area contributed by atoms with Gasteiger partial charge in [-0.15, -0.1) is 11.8 Å². The van der Waals surface area contributed by atoms with Gasteiger partial charge in [-0.1, -0.05) is 30.3 Å². The summed E-state index contributed by atoms with van der Waals surface area (Å²) < 4.78 is 10.7. The highest BCUT2D eigenvalue weighted by Crippen LogP contribution is 2.27. The summed E-state index contributed by atoms with van der Waals surface area (Å²) in [6, 6.07) is 13.4. The standard InChI is InChI=1S/C16H21NO3S.C12H16O3/c1-11(2)20-16(19)17-9-8-13(10-17)15(18)12-4-6-14(21-3)7-5-12;1-8-6-5-7-9(2)10(8)15-12(3,4)11(13)14/h4-7,11,13H,8-10H2,1-3H3;5-7H,1-4H3,(H,13,14). The fraction of sp³-hybridized carbons (Fsp3) is 0.464. The Labute approximate surface area is 218 Å². The Balaban J connectivity index is 0.000000269. The Hall–Kier alpha value is -3.00. The molecule has 1 atom stereocenters. The van der Waals surface area contributed by atoms with Crippen molar-refractivity contribution >= 4 is 29.6 Å². The molecule has 0 spiro atoms. The normalized spacial score (nSPS) is 15.2. The van der Waals surface area contributed by atoms with E-state index in [1.54, 1.807) is 30.5 Å². The molecule has 1 saturated heterocycles. The van der Waals surface area contributed by atoms with Crippen molar-refractivity contribution < 1.29 is 29.0 Å². The number of amides is 1. The molecule has 7 nitrogen and oxygen atoms in total. The van der Waals surface area contributed by atoms with Gasteiger partial charge in [-0.3, -0.25) is 4.79 Å². The number of ether oxygens (including phenoxy) is 2. The van der Waals surface area contributed by atoms with E-state index in [9.17, 15) is 14.4 Å². The van der Waals surface area contributed by atoms with Gasteiger partial charge in [0.1, 0.15) is 5.75 Å². The van der Waals surface area contributed by atoms with Gasteiger partial charge < -0.3 is 19.5 Å². The van der Waals surface area contributed by atoms with Crippen molar-refractivity contribution in [1.82, 2.24) is 4.90 Å². The Bertz CT molecular complexity index is 1040. The van der Waals surface area contributed by atoms with Crippen LogP contribution in [0.25, 0.3) is 0 Å². The van der Waals surface area contributed by atoms with Gasteiger partial charge in [-0.25, -0.2) is 9.59 Å². The first-order valence-corrected chi connectivity index (χ1v) is 13.2. The van der Waals surface area contributed by atoms with E-state index in [-0.39, 0.29) is 23.9 Å². The molecular weight excluding hydrogens is 478 g/mol. The summed E-state index contributed by atoms with van der Waals surface area (Å²) in [4.78, 5) is 38.0. The second-order valence-electron chi connectivity index (χ2n) is 9.60. The third-order valence-corrected chi connectivity index (χ3v) is 6.55. The highest BCUT2D eigenvalue weighted by atomic mass is 32.2. The number of nitrogens with zero attached hydrogens (tertiary/aromatic N) is 1. The lowest BCUT2D eigenvalue weighted by Gasteiger charge is -2.23. The lowest BCUT2D eigenvalue weighted by Crippen LogP contribution is -2.38. The van der Waals surface area contributed by atoms with Crippen molar-refractivity contribution in [2.75, 3.05) is 19.3 Å². The van der Waals surface area contributed by atoms with Crippen LogP contribution in [-0.4, -0.2) is 58.9 Å². The highest BCUT2D eigenvalue weighted by Gasteiger charge is 2.32. The minimum absolute atomic E-state index is 0.113. The molecule has 196 valence electrons. The SMILES string of the molecule is CSc1ccc(C(=O)C2CCN(C(=O)OC(C)C)C2)cc1.Cc1cccc(C)c1OC(C)(C)C(=O)O. The highest BCUT2D eigenvalue weighted by molar-refractivity contribution is 7.98. The third kappa shape index (κ3) is 8.01. The number of ketones is 1. The van der Waals surface area contributed by atoms with Crippen LogP contribution >= 0.6 is 11.8 Å². The summed E-state index contributed by atoms with van der Waals surface area (Å²) in [5, 5.41) is 8.96. The molecule has 3 rings (SSSR count). The van der Waals surface area contributed by atoms with Crippen LogP contribution in [0.15, 0.2) is 47.4 Å². The topological polar surface area (TPSA) is 93.1 Å². The lowest BCUT2D eigenvalue weighted by atomic mass is 9.97. The fourth-order valence-corrected chi connectivity index (χ4v) is 4.07. The van der Waals surface area contributed by atoms with E-state index in [0.717, 1.165) is 21.6 Å². The Morgan fingerprint density at radius 1 is 1.06 bits per heavy atom. The second kappa shape index (κ2) is 12.8. The van der Waals surface area contributed by atoms with E-state index in [1.807, 2.05) is 76.4 Å². The number of likely N-dealkylation sites (tertiary alicyclic amines) is 1. The Morgan fingerprint density at radius 3 is 2.14 bits per heavy atom. The van der Waals surface area contributed by atoms with Gasteiger partial charge in [-0.2, -0.15) is 0 Å². The third-order valence-electron chi connectivity index (χ3n) is 5.81. The average Bonchev–Trinajstić information content (AvgIpc) is 3.32. The molecule has 8 heteroatoms. The quantitative estimate of drug-likeness (QED) is 0.357. The monoisotopic (exact) mass is 515 g/mol. The molecule has 0 aromatic heterocycles. The van der Waals surface area contributed by atoms with Crippen LogP contribution in [-0.2, 0) is 9.53 Å². The van der Waals surface area contributed by atoms with Crippen molar-refractivity contribution in [3.8, 4) is 5.75 Å². The molecule has 1 aliphatic rings. The Kier molecular flexibility index (Phi) is 10.4. The first-order chi connectivity index (χ1) is 16.9. The molecular formula is C28H37NO6S. The second-order valence-corrected chi connectivity index (χ2v) is 10.5. The van der Waals surface area contributed by atoms with Crippen LogP contribution in [0, 0.1) is 19.8 Å². The number of carboxylic acids is 1. The first-order valence-electron chi connectivity index (χ1n) is 12.0. The molecule has 0 bridgehead atoms. The average molecular weight is 516 g/mol. The molecule has 1 N–H and O–H groups in total. The summed E-state index contributed by atoms with van der Waals surface area (Å²) in [5.74, 6) is -0.317. The van der Waals surface area contributed by atoms with Crippen LogP contribution in [0.4, 0.5) is 4.79 Å². The number of Topliss-reactive ketones (excluding diaryl/α,β-unsaturated/α-hetero) is 1. The first kappa shape index (κ1) is 29.2. The van der Waals surface area contributed by atoms with Crippen molar-refractivity contribution in [2.24, 2.45) is 5.92 Å². The molecule has 1 fully saturated rings. The van der Waals surface area contributed by atoms with E-state index >= 15 is 0 Å². The summed E-state index contributed by atoms with van der Waals surface area (Å²) in [6.45, 7) is 11.6. The van der Waals surface area contributed by atoms with Crippen molar-refractivity contribution in [2.45, 2.75) is 64.6 Å². The van der Waals surface area contributed by atoms with E-state index in [4.69, 9.17) is 14.6 Å². The van der Waals surface area contributed by atoms with E-state index < -0.39 is 11.6 Å². The fourth-order valence-electron chi connectivity index (χ4n) is 3.67. The predicted octanol–water partition coefficient (Wildman–Crippen LogP) is 6.00. The lowest BCUT2D eigenvalue weighted by molar-refractivity contribution is -0.152. The van der Waals surface area contributed by atoms with Crippen LogP contribution in [0.3, 0.4) is 0 Å². The molecule has 36 heavy (non-hydrogen) atoms. The summed E-state index contributed by atoms with van der Waals surface area (Å²) in [7, 11) is 0. The number of carbonyl (C=O) groups is 3. The minimum Gasteiger partial charge on any atom is -0.478 e. The zero-order valence-electron chi connectivity index (χ0n) is 22.2. The van der Waals surface area contributed by atoms with Gasteiger partial charge in [0.25, 0.3) is 0 Å². The maximum Gasteiger partial charge on any atom is 0.410 e. The van der Waals surface area contributed by atoms with Gasteiger partial charge in [-0.05, 0) is 77.5 Å². The molecule has 0 aliphatic carbocycles. The number of hydrogen-bond donors (Lipinski definition) is 1. The maximum absolute atomic E-state index is 12.5. The number of carbonyl (C=O) groups excluding carboxylic acids is 2. The number of rotatable bonds is 7. The van der Waals surface area contributed by atoms with Crippen molar-refractivity contribution in [1.29, 1.82) is 0 Å². The summed E-state index contributed by atoms with van der Waals surface area (Å²) >= 11 is 1.65. The van der Waals surface area contributed by atoms with Crippen LogP contribution in [0.1, 0.15) is 55.6 Å². The summed E-state index contributed by atoms with van der Waals surface area (Å²) in [5.41, 5.74) is 1.42. The van der Waals surface area contributed by atoms with Crippen LogP contribution < -0.4 is 4.74 Å². The van der Waals surface area contributed by atoms with Gasteiger partial charge in [0.15, 0.2) is 11.4 Å². The molecule has 0 radical (unpaired) electrons. The van der Waals surface area contributed by atoms with Gasteiger partial charge in [0.2, 0.25) is 0 Å². The van der Waals surface area contributed by atoms with Gasteiger partial charge >= 0.3 is 12.1 Å². The van der Waals surface area contributed by atoms with E-state index in [2.05, 4.69) is 0 Å². The molecule has 2 aromatic carbocycles. The Morgan fingerprint density at radius 2 is 1.64 bits per heavy atom. The van der Waals surface area contributed by atoms with Crippen LogP contribution in [0.2, 0.25) is 0 Å². The number of para-hydroxylation sites is 1. The molecule has 1 amide bonds. The predicted molar refractivity (Wildman–Crippen MR) is 142 cm³/mol. The van der Waals surface area contributed by atoms with E-state index in [1.165, 1.54) is 0 Å². The zero-order chi connectivity index (χ0) is 27.0. The number of carboxylic acid groups (broad SMARTS) is 1. The molecule has 1 unspecified atom stereocenters. The number of thioether (sulfide) groups is 1. The molecule has 1 aliphatic heterocycles. The smallest absolute Gasteiger partial charge is 0.410 e. The number of aryl methyl sites for hydroxylation is 2. The number of benzene rings is 2. The summed E-state index contributed by atoms with van der Waals surface area (Å²) in [6.07, 6.45) is 2.26. The van der Waals surface area contributed by atoms with Crippen LogP contribution in [0.5, 0.6) is 5.75 Å². The van der Waals surface area contributed by atoms with Crippen molar-refractivity contribution in [3.63, 3.8) is 0 Å². The number of hydrogen-bond acceptors (Lipinski definition) is 6.